The number of rotatable bonds is 3. The highest BCUT2D eigenvalue weighted by Crippen LogP contribution is 2.36. The van der Waals surface area contributed by atoms with Gasteiger partial charge in [-0.05, 0) is 60.9 Å². The first-order valence-corrected chi connectivity index (χ1v) is 10.2. The van der Waals surface area contributed by atoms with Crippen molar-refractivity contribution < 1.29 is 4.39 Å². The Morgan fingerprint density at radius 3 is 2.93 bits per heavy atom. The van der Waals surface area contributed by atoms with Gasteiger partial charge in [0, 0.05) is 29.2 Å². The number of aromatic amines is 1. The predicted octanol–water partition coefficient (Wildman–Crippen LogP) is 5.36. The number of nitrogens with zero attached hydrogens (tertiary/aromatic N) is 4. The summed E-state index contributed by atoms with van der Waals surface area (Å²) < 4.78 is 15.7. The summed E-state index contributed by atoms with van der Waals surface area (Å²) in [6.07, 6.45) is 5.86. The monoisotopic (exact) mass is 397 g/mol. The lowest BCUT2D eigenvalue weighted by molar-refractivity contribution is 0.617. The van der Waals surface area contributed by atoms with Crippen molar-refractivity contribution in [2.45, 2.75) is 18.9 Å². The predicted molar refractivity (Wildman–Crippen MR) is 116 cm³/mol. The Morgan fingerprint density at radius 2 is 2.00 bits per heavy atom. The van der Waals surface area contributed by atoms with E-state index in [0.717, 1.165) is 58.6 Å². The third kappa shape index (κ3) is 2.76. The molecule has 4 heterocycles. The van der Waals surface area contributed by atoms with Crippen LogP contribution >= 0.6 is 0 Å². The molecular weight excluding hydrogens is 377 g/mol. The molecule has 0 saturated carbocycles. The number of hydrogen-bond acceptors (Lipinski definition) is 3. The molecule has 6 heteroatoms. The first kappa shape index (κ1) is 17.2. The van der Waals surface area contributed by atoms with E-state index in [-0.39, 0.29) is 11.9 Å². The van der Waals surface area contributed by atoms with Gasteiger partial charge in [0.15, 0.2) is 5.65 Å². The fourth-order valence-electron chi connectivity index (χ4n) is 4.53. The minimum atomic E-state index is -0.195. The summed E-state index contributed by atoms with van der Waals surface area (Å²) in [5.41, 5.74) is 4.94. The van der Waals surface area contributed by atoms with Crippen LogP contribution < -0.4 is 4.90 Å². The zero-order chi connectivity index (χ0) is 20.1. The average molecular weight is 397 g/mol. The zero-order valence-corrected chi connectivity index (χ0v) is 16.3. The second-order valence-corrected chi connectivity index (χ2v) is 7.79. The van der Waals surface area contributed by atoms with Gasteiger partial charge >= 0.3 is 0 Å². The molecule has 0 bridgehead atoms. The van der Waals surface area contributed by atoms with Gasteiger partial charge in [-0.25, -0.2) is 13.9 Å². The Hall–Kier alpha value is -3.67. The lowest BCUT2D eigenvalue weighted by Crippen LogP contribution is -2.24. The van der Waals surface area contributed by atoms with Crippen molar-refractivity contribution in [2.24, 2.45) is 0 Å². The molecule has 5 aromatic rings. The first-order valence-electron chi connectivity index (χ1n) is 10.2. The third-order valence-electron chi connectivity index (χ3n) is 5.98. The molecule has 1 aliphatic heterocycles. The number of aromatic nitrogens is 4. The zero-order valence-electron chi connectivity index (χ0n) is 16.3. The second-order valence-electron chi connectivity index (χ2n) is 7.79. The molecule has 2 aromatic carbocycles. The van der Waals surface area contributed by atoms with Crippen molar-refractivity contribution >= 4 is 22.4 Å². The van der Waals surface area contributed by atoms with Crippen LogP contribution in [0.4, 0.5) is 10.2 Å². The fraction of sp³-hybridized carbons (Fsp3) is 0.167. The second kappa shape index (κ2) is 6.69. The van der Waals surface area contributed by atoms with E-state index in [9.17, 15) is 4.39 Å². The topological polar surface area (TPSA) is 49.2 Å². The van der Waals surface area contributed by atoms with Gasteiger partial charge in [-0.15, -0.1) is 5.10 Å². The van der Waals surface area contributed by atoms with Crippen LogP contribution in [0, 0.1) is 5.82 Å². The number of benzene rings is 2. The molecule has 0 spiro atoms. The maximum Gasteiger partial charge on any atom is 0.154 e. The molecule has 1 N–H and O–H groups in total. The van der Waals surface area contributed by atoms with Crippen molar-refractivity contribution in [1.29, 1.82) is 0 Å². The maximum atomic E-state index is 13.8. The molecule has 0 radical (unpaired) electrons. The molecular formula is C24H20FN5. The Balaban J connectivity index is 1.43. The quantitative estimate of drug-likeness (QED) is 0.446. The highest BCUT2D eigenvalue weighted by atomic mass is 19.1. The Bertz CT molecular complexity index is 1370. The first-order chi connectivity index (χ1) is 14.8. The van der Waals surface area contributed by atoms with E-state index < -0.39 is 0 Å². The molecule has 0 aliphatic carbocycles. The maximum absolute atomic E-state index is 13.8. The summed E-state index contributed by atoms with van der Waals surface area (Å²) in [6.45, 7) is 0.902. The Morgan fingerprint density at radius 1 is 1.03 bits per heavy atom. The highest BCUT2D eigenvalue weighted by Gasteiger charge is 2.28. The van der Waals surface area contributed by atoms with E-state index in [1.807, 2.05) is 35.1 Å². The van der Waals surface area contributed by atoms with Gasteiger partial charge in [0.2, 0.25) is 0 Å². The molecule has 0 amide bonds. The summed E-state index contributed by atoms with van der Waals surface area (Å²) in [6, 6.07) is 19.4. The summed E-state index contributed by atoms with van der Waals surface area (Å²) in [5, 5.41) is 6.09. The van der Waals surface area contributed by atoms with Crippen LogP contribution in [-0.4, -0.2) is 26.1 Å². The van der Waals surface area contributed by atoms with Crippen molar-refractivity contribution in [3.8, 4) is 11.3 Å². The molecule has 1 fully saturated rings. The smallest absolute Gasteiger partial charge is 0.154 e. The number of fused-ring (bicyclic) bond motifs is 2. The van der Waals surface area contributed by atoms with Gasteiger partial charge in [-0.1, -0.05) is 18.2 Å². The standard InChI is InChI=1S/C24H20FN5/c25-19-4-1-3-17(14-19)21-5-2-12-29(21)24-9-8-23-27-15-22(30(23)28-24)18-6-7-20-16(13-18)10-11-26-20/h1,3-4,6-11,13-15,21,26H,2,5,12H2. The summed E-state index contributed by atoms with van der Waals surface area (Å²) >= 11 is 0. The van der Waals surface area contributed by atoms with Gasteiger partial charge in [-0.3, -0.25) is 0 Å². The number of halogens is 1. The van der Waals surface area contributed by atoms with Gasteiger partial charge in [0.05, 0.1) is 17.9 Å². The van der Waals surface area contributed by atoms with Crippen LogP contribution in [0.5, 0.6) is 0 Å². The van der Waals surface area contributed by atoms with Crippen LogP contribution in [0.1, 0.15) is 24.4 Å². The van der Waals surface area contributed by atoms with E-state index in [1.54, 1.807) is 12.1 Å². The summed E-state index contributed by atoms with van der Waals surface area (Å²) in [4.78, 5) is 10.0. The van der Waals surface area contributed by atoms with Crippen LogP contribution in [0.25, 0.3) is 27.8 Å². The molecule has 1 atom stereocenters. The van der Waals surface area contributed by atoms with Crippen LogP contribution in [0.2, 0.25) is 0 Å². The molecule has 1 saturated heterocycles. The minimum absolute atomic E-state index is 0.133. The Labute approximate surface area is 172 Å². The van der Waals surface area contributed by atoms with E-state index in [0.29, 0.717) is 0 Å². The van der Waals surface area contributed by atoms with Gasteiger partial charge < -0.3 is 9.88 Å². The molecule has 1 aliphatic rings. The number of nitrogens with one attached hydrogen (secondary N) is 1. The SMILES string of the molecule is Fc1cccc(C2CCCN2c2ccc3ncc(-c4ccc5[nH]ccc5c4)n3n2)c1. The van der Waals surface area contributed by atoms with E-state index >= 15 is 0 Å². The van der Waals surface area contributed by atoms with Crippen LogP contribution in [0.15, 0.2) is 73.1 Å². The van der Waals surface area contributed by atoms with E-state index in [4.69, 9.17) is 5.10 Å². The largest absolute Gasteiger partial charge is 0.361 e. The summed E-state index contributed by atoms with van der Waals surface area (Å²) in [5.74, 6) is 0.691. The Kier molecular flexibility index (Phi) is 3.84. The van der Waals surface area contributed by atoms with Crippen molar-refractivity contribution in [2.75, 3.05) is 11.4 Å². The lowest BCUT2D eigenvalue weighted by Gasteiger charge is -2.26. The number of imidazole rings is 1. The van der Waals surface area contributed by atoms with Crippen molar-refractivity contribution in [3.05, 3.63) is 84.4 Å². The molecule has 6 rings (SSSR count). The van der Waals surface area contributed by atoms with E-state index in [2.05, 4.69) is 39.1 Å². The lowest BCUT2D eigenvalue weighted by atomic mass is 10.0. The van der Waals surface area contributed by atoms with Crippen molar-refractivity contribution in [1.82, 2.24) is 19.6 Å². The van der Waals surface area contributed by atoms with Gasteiger partial charge in [0.25, 0.3) is 0 Å². The fourth-order valence-corrected chi connectivity index (χ4v) is 4.53. The third-order valence-corrected chi connectivity index (χ3v) is 5.98. The minimum Gasteiger partial charge on any atom is -0.361 e. The van der Waals surface area contributed by atoms with Gasteiger partial charge in [-0.2, -0.15) is 0 Å². The average Bonchev–Trinajstić information content (AvgIpc) is 3.51. The number of H-pyrrole nitrogens is 1. The van der Waals surface area contributed by atoms with Gasteiger partial charge in [0.1, 0.15) is 11.6 Å². The molecule has 5 nitrogen and oxygen atoms in total. The number of hydrogen-bond donors (Lipinski definition) is 1. The van der Waals surface area contributed by atoms with Crippen molar-refractivity contribution in [3.63, 3.8) is 0 Å². The van der Waals surface area contributed by atoms with Crippen LogP contribution in [0.3, 0.4) is 0 Å². The summed E-state index contributed by atoms with van der Waals surface area (Å²) in [7, 11) is 0. The van der Waals surface area contributed by atoms with E-state index in [1.165, 1.54) is 6.07 Å². The normalized spacial score (nSPS) is 16.7. The molecule has 30 heavy (non-hydrogen) atoms. The van der Waals surface area contributed by atoms with Crippen LogP contribution in [-0.2, 0) is 0 Å². The molecule has 3 aromatic heterocycles. The number of anilines is 1. The molecule has 148 valence electrons. The molecule has 1 unspecified atom stereocenters. The highest BCUT2D eigenvalue weighted by molar-refractivity contribution is 5.84.